The van der Waals surface area contributed by atoms with Crippen molar-refractivity contribution in [3.8, 4) is 5.75 Å². The molecular formula is C13H13F3N2O. The zero-order valence-electron chi connectivity index (χ0n) is 10.5. The number of rotatable bonds is 2. The fourth-order valence-corrected chi connectivity index (χ4v) is 1.69. The molecule has 3 nitrogen and oxygen atoms in total. The first-order valence-corrected chi connectivity index (χ1v) is 5.67. The van der Waals surface area contributed by atoms with Gasteiger partial charge < -0.3 is 10.5 Å². The Balaban J connectivity index is 2.50. The number of ether oxygens (including phenoxy) is 1. The van der Waals surface area contributed by atoms with Crippen molar-refractivity contribution in [2.45, 2.75) is 26.1 Å². The van der Waals surface area contributed by atoms with Crippen LogP contribution in [0.1, 0.15) is 12.6 Å². The van der Waals surface area contributed by atoms with Crippen LogP contribution in [0.2, 0.25) is 0 Å². The average molecular weight is 270 g/mol. The molecule has 0 spiro atoms. The molecule has 2 rings (SSSR count). The fourth-order valence-electron chi connectivity index (χ4n) is 1.69. The van der Waals surface area contributed by atoms with E-state index in [1.54, 1.807) is 25.1 Å². The lowest BCUT2D eigenvalue weighted by Gasteiger charge is -2.19. The van der Waals surface area contributed by atoms with Gasteiger partial charge in [0.25, 0.3) is 0 Å². The minimum absolute atomic E-state index is 0.139. The smallest absolute Gasteiger partial charge is 0.425 e. The lowest BCUT2D eigenvalue weighted by atomic mass is 10.1. The van der Waals surface area contributed by atoms with Gasteiger partial charge in [0.15, 0.2) is 6.10 Å². The maximum Gasteiger partial charge on any atom is 0.425 e. The zero-order chi connectivity index (χ0) is 14.2. The van der Waals surface area contributed by atoms with Crippen molar-refractivity contribution in [3.05, 3.63) is 30.0 Å². The summed E-state index contributed by atoms with van der Waals surface area (Å²) in [4.78, 5) is 4.23. The van der Waals surface area contributed by atoms with Gasteiger partial charge in [-0.15, -0.1) is 0 Å². The summed E-state index contributed by atoms with van der Waals surface area (Å²) in [6.07, 6.45) is -6.30. The Morgan fingerprint density at radius 1 is 1.26 bits per heavy atom. The van der Waals surface area contributed by atoms with E-state index in [0.29, 0.717) is 22.3 Å². The van der Waals surface area contributed by atoms with Crippen LogP contribution >= 0.6 is 0 Å². The maximum atomic E-state index is 12.5. The standard InChI is InChI=1S/C13H13F3N2O/c1-7-5-12(19-8(2)13(14,15)16)10-6-9(17)3-4-11(10)18-7/h3-6,8H,17H2,1-2H3. The Morgan fingerprint density at radius 2 is 1.95 bits per heavy atom. The van der Waals surface area contributed by atoms with E-state index in [-0.39, 0.29) is 5.75 Å². The monoisotopic (exact) mass is 270 g/mol. The van der Waals surface area contributed by atoms with Crippen LogP contribution in [-0.2, 0) is 0 Å². The average Bonchev–Trinajstić information content (AvgIpc) is 2.28. The van der Waals surface area contributed by atoms with Crippen molar-refractivity contribution in [2.24, 2.45) is 0 Å². The van der Waals surface area contributed by atoms with Crippen LogP contribution in [0.15, 0.2) is 24.3 Å². The van der Waals surface area contributed by atoms with Crippen LogP contribution < -0.4 is 10.5 Å². The van der Waals surface area contributed by atoms with E-state index < -0.39 is 12.3 Å². The summed E-state index contributed by atoms with van der Waals surface area (Å²) in [5, 5.41) is 0.474. The topological polar surface area (TPSA) is 48.1 Å². The largest absolute Gasteiger partial charge is 0.480 e. The number of aryl methyl sites for hydroxylation is 1. The molecule has 1 unspecified atom stereocenters. The second kappa shape index (κ2) is 4.60. The molecule has 2 aromatic rings. The molecule has 0 bridgehead atoms. The first kappa shape index (κ1) is 13.5. The molecule has 0 radical (unpaired) electrons. The molecule has 0 aliphatic heterocycles. The van der Waals surface area contributed by atoms with Gasteiger partial charge in [-0.2, -0.15) is 13.2 Å². The molecule has 19 heavy (non-hydrogen) atoms. The Hall–Kier alpha value is -1.98. The number of nitrogens with two attached hydrogens (primary N) is 1. The van der Waals surface area contributed by atoms with Crippen molar-refractivity contribution in [3.63, 3.8) is 0 Å². The van der Waals surface area contributed by atoms with Crippen molar-refractivity contribution in [1.82, 2.24) is 4.98 Å². The first-order chi connectivity index (χ1) is 8.77. The third kappa shape index (κ3) is 2.89. The van der Waals surface area contributed by atoms with Gasteiger partial charge in [0.05, 0.1) is 5.52 Å². The van der Waals surface area contributed by atoms with E-state index in [1.165, 1.54) is 6.07 Å². The second-order valence-corrected chi connectivity index (χ2v) is 4.34. The summed E-state index contributed by atoms with van der Waals surface area (Å²) in [7, 11) is 0. The molecule has 102 valence electrons. The molecule has 0 saturated heterocycles. The summed E-state index contributed by atoms with van der Waals surface area (Å²) in [5.41, 5.74) is 7.23. The lowest BCUT2D eigenvalue weighted by Crippen LogP contribution is -2.31. The number of fused-ring (bicyclic) bond motifs is 1. The molecule has 1 atom stereocenters. The van der Waals surface area contributed by atoms with Crippen molar-refractivity contribution in [1.29, 1.82) is 0 Å². The third-order valence-corrected chi connectivity index (χ3v) is 2.69. The zero-order valence-corrected chi connectivity index (χ0v) is 10.5. The summed E-state index contributed by atoms with van der Waals surface area (Å²) in [6.45, 7) is 2.66. The van der Waals surface area contributed by atoms with Gasteiger partial charge in [-0.1, -0.05) is 0 Å². The summed E-state index contributed by atoms with van der Waals surface area (Å²) >= 11 is 0. The van der Waals surface area contributed by atoms with Crippen LogP contribution in [0.25, 0.3) is 10.9 Å². The van der Waals surface area contributed by atoms with Gasteiger partial charge in [0, 0.05) is 22.8 Å². The predicted molar refractivity (Wildman–Crippen MR) is 67.0 cm³/mol. The molecule has 1 heterocycles. The molecule has 1 aromatic carbocycles. The molecule has 0 aliphatic rings. The Labute approximate surface area is 108 Å². The molecule has 0 saturated carbocycles. The van der Waals surface area contributed by atoms with Gasteiger partial charge in [0.2, 0.25) is 0 Å². The number of alkyl halides is 3. The number of hydrogen-bond acceptors (Lipinski definition) is 3. The molecule has 1 aromatic heterocycles. The quantitative estimate of drug-likeness (QED) is 0.850. The SMILES string of the molecule is Cc1cc(OC(C)C(F)(F)F)c2cc(N)ccc2n1. The van der Waals surface area contributed by atoms with E-state index in [2.05, 4.69) is 4.98 Å². The number of anilines is 1. The molecule has 0 amide bonds. The van der Waals surface area contributed by atoms with E-state index in [4.69, 9.17) is 10.5 Å². The first-order valence-electron chi connectivity index (χ1n) is 5.67. The third-order valence-electron chi connectivity index (χ3n) is 2.69. The van der Waals surface area contributed by atoms with Crippen LogP contribution in [0.3, 0.4) is 0 Å². The Morgan fingerprint density at radius 3 is 2.58 bits per heavy atom. The highest BCUT2D eigenvalue weighted by Crippen LogP contribution is 2.31. The van der Waals surface area contributed by atoms with Crippen molar-refractivity contribution in [2.75, 3.05) is 5.73 Å². The Kier molecular flexibility index (Phi) is 3.26. The van der Waals surface area contributed by atoms with Crippen LogP contribution in [0, 0.1) is 6.92 Å². The van der Waals surface area contributed by atoms with E-state index >= 15 is 0 Å². The van der Waals surface area contributed by atoms with Crippen LogP contribution in [-0.4, -0.2) is 17.3 Å². The number of benzene rings is 1. The number of pyridine rings is 1. The summed E-state index contributed by atoms with van der Waals surface area (Å²) < 4.78 is 42.7. The van der Waals surface area contributed by atoms with Gasteiger partial charge >= 0.3 is 6.18 Å². The molecule has 0 fully saturated rings. The lowest BCUT2D eigenvalue weighted by molar-refractivity contribution is -0.189. The number of hydrogen-bond donors (Lipinski definition) is 1. The molecular weight excluding hydrogens is 257 g/mol. The van der Waals surface area contributed by atoms with Gasteiger partial charge in [-0.25, -0.2) is 0 Å². The predicted octanol–water partition coefficient (Wildman–Crippen LogP) is 3.46. The summed E-state index contributed by atoms with van der Waals surface area (Å²) in [5.74, 6) is 0.139. The molecule has 0 aliphatic carbocycles. The van der Waals surface area contributed by atoms with Crippen LogP contribution in [0.4, 0.5) is 18.9 Å². The Bertz CT molecular complexity index is 611. The number of halogens is 3. The highest BCUT2D eigenvalue weighted by atomic mass is 19.4. The number of aromatic nitrogens is 1. The number of nitrogen functional groups attached to an aromatic ring is 1. The molecule has 6 heteroatoms. The summed E-state index contributed by atoms with van der Waals surface area (Å²) in [6, 6.07) is 6.33. The fraction of sp³-hybridized carbons (Fsp3) is 0.308. The normalized spacial score (nSPS) is 13.5. The van der Waals surface area contributed by atoms with Crippen molar-refractivity contribution >= 4 is 16.6 Å². The highest BCUT2D eigenvalue weighted by molar-refractivity contribution is 5.87. The van der Waals surface area contributed by atoms with Gasteiger partial charge in [-0.3, -0.25) is 4.98 Å². The van der Waals surface area contributed by atoms with Gasteiger partial charge in [-0.05, 0) is 32.0 Å². The van der Waals surface area contributed by atoms with E-state index in [1.807, 2.05) is 0 Å². The van der Waals surface area contributed by atoms with E-state index in [0.717, 1.165) is 6.92 Å². The number of nitrogens with zero attached hydrogens (tertiary/aromatic N) is 1. The van der Waals surface area contributed by atoms with Crippen molar-refractivity contribution < 1.29 is 17.9 Å². The minimum atomic E-state index is -4.41. The van der Waals surface area contributed by atoms with Crippen LogP contribution in [0.5, 0.6) is 5.75 Å². The second-order valence-electron chi connectivity index (χ2n) is 4.34. The van der Waals surface area contributed by atoms with E-state index in [9.17, 15) is 13.2 Å². The highest BCUT2D eigenvalue weighted by Gasteiger charge is 2.38. The van der Waals surface area contributed by atoms with Gasteiger partial charge in [0.1, 0.15) is 5.75 Å². The minimum Gasteiger partial charge on any atom is -0.480 e. The molecule has 2 N–H and O–H groups in total. The maximum absolute atomic E-state index is 12.5.